The minimum Gasteiger partial charge on any atom is -0.481 e. The molecule has 0 saturated heterocycles. The van der Waals surface area contributed by atoms with Crippen LogP contribution in [0.5, 0.6) is 5.75 Å². The first-order chi connectivity index (χ1) is 21.9. The molecule has 0 radical (unpaired) electrons. The molecular formula is C36H53F2NO7. The van der Waals surface area contributed by atoms with E-state index < -0.39 is 41.3 Å². The number of ether oxygens (including phenoxy) is 1. The van der Waals surface area contributed by atoms with E-state index in [0.717, 1.165) is 25.7 Å². The highest BCUT2D eigenvalue weighted by molar-refractivity contribution is 5.92. The molecule has 0 bridgehead atoms. The Kier molecular flexibility index (Phi) is 19.5. The number of alkyl halides is 2. The Bertz CT molecular complexity index is 1140. The zero-order valence-corrected chi connectivity index (χ0v) is 27.7. The molecule has 258 valence electrons. The van der Waals surface area contributed by atoms with Crippen LogP contribution in [0.4, 0.5) is 8.78 Å². The summed E-state index contributed by atoms with van der Waals surface area (Å²) in [5.41, 5.74) is -1.85. The molecule has 10 heteroatoms. The van der Waals surface area contributed by atoms with Crippen LogP contribution in [0.1, 0.15) is 116 Å². The van der Waals surface area contributed by atoms with E-state index in [1.54, 1.807) is 44.2 Å². The topological polar surface area (TPSA) is 133 Å². The Morgan fingerprint density at radius 1 is 0.913 bits per heavy atom. The highest BCUT2D eigenvalue weighted by Gasteiger charge is 2.46. The number of allylic oxidation sites excluding steroid dienone is 1. The van der Waals surface area contributed by atoms with Crippen LogP contribution in [0.15, 0.2) is 36.4 Å². The first-order valence-corrected chi connectivity index (χ1v) is 16.5. The Hall–Kier alpha value is -3.45. The van der Waals surface area contributed by atoms with Crippen molar-refractivity contribution in [2.24, 2.45) is 5.92 Å². The van der Waals surface area contributed by atoms with Gasteiger partial charge in [-0.2, -0.15) is 0 Å². The number of carbonyl (C=O) groups excluding carboxylic acids is 1. The van der Waals surface area contributed by atoms with Crippen LogP contribution in [-0.4, -0.2) is 57.3 Å². The number of halogens is 2. The second-order valence-corrected chi connectivity index (χ2v) is 11.8. The normalized spacial score (nSPS) is 14.1. The van der Waals surface area contributed by atoms with Gasteiger partial charge in [-0.15, -0.1) is 5.92 Å². The van der Waals surface area contributed by atoms with E-state index in [9.17, 15) is 38.5 Å². The average molecular weight is 650 g/mol. The predicted octanol–water partition coefficient (Wildman–Crippen LogP) is 7.33. The Morgan fingerprint density at radius 2 is 1.52 bits per heavy atom. The van der Waals surface area contributed by atoms with Crippen molar-refractivity contribution < 1.29 is 43.2 Å². The number of unbranched alkanes of at least 4 members (excludes halogenated alkanes) is 8. The van der Waals surface area contributed by atoms with Crippen molar-refractivity contribution in [3.8, 4) is 17.6 Å². The van der Waals surface area contributed by atoms with Crippen molar-refractivity contribution in [3.63, 3.8) is 0 Å². The predicted molar refractivity (Wildman–Crippen MR) is 175 cm³/mol. The molecule has 0 aliphatic rings. The number of hydrogen-bond donors (Lipinski definition) is 4. The molecule has 0 unspecified atom stereocenters. The zero-order valence-electron chi connectivity index (χ0n) is 27.7. The molecule has 1 aromatic carbocycles. The summed E-state index contributed by atoms with van der Waals surface area (Å²) in [5.74, 6) is -1.97. The van der Waals surface area contributed by atoms with Gasteiger partial charge in [0.05, 0.1) is 5.92 Å². The maximum Gasteiger partial charge on any atom is 0.336 e. The lowest BCUT2D eigenvalue weighted by molar-refractivity contribution is -0.167. The molecule has 1 amide bonds. The minimum atomic E-state index is -2.65. The maximum absolute atomic E-state index is 14.1. The van der Waals surface area contributed by atoms with Gasteiger partial charge >= 0.3 is 11.9 Å². The monoisotopic (exact) mass is 649 g/mol. The van der Waals surface area contributed by atoms with Crippen LogP contribution in [0.25, 0.3) is 0 Å². The van der Waals surface area contributed by atoms with Crippen molar-refractivity contribution in [2.45, 2.75) is 135 Å². The number of carboxylic acid groups (broad SMARTS) is 2. The van der Waals surface area contributed by atoms with Gasteiger partial charge in [-0.1, -0.05) is 89.0 Å². The van der Waals surface area contributed by atoms with Crippen molar-refractivity contribution in [1.29, 1.82) is 0 Å². The third kappa shape index (κ3) is 15.7. The lowest BCUT2D eigenvalue weighted by Gasteiger charge is -2.30. The number of amides is 1. The Labute approximate surface area is 273 Å². The van der Waals surface area contributed by atoms with Crippen molar-refractivity contribution in [3.05, 3.63) is 42.0 Å². The van der Waals surface area contributed by atoms with Crippen LogP contribution < -0.4 is 10.1 Å². The fourth-order valence-electron chi connectivity index (χ4n) is 5.19. The molecule has 0 saturated carbocycles. The molecule has 0 aromatic heterocycles. The summed E-state index contributed by atoms with van der Waals surface area (Å²) in [4.78, 5) is 37.5. The largest absolute Gasteiger partial charge is 0.481 e. The first-order valence-electron chi connectivity index (χ1n) is 16.5. The number of hydrogen-bond acceptors (Lipinski definition) is 5. The van der Waals surface area contributed by atoms with E-state index >= 15 is 0 Å². The van der Waals surface area contributed by atoms with E-state index in [-0.39, 0.29) is 38.7 Å². The summed E-state index contributed by atoms with van der Waals surface area (Å²) in [6, 6.07) is 5.26. The van der Waals surface area contributed by atoms with Gasteiger partial charge in [0.2, 0.25) is 11.8 Å². The number of rotatable bonds is 25. The van der Waals surface area contributed by atoms with E-state index in [0.29, 0.717) is 49.8 Å². The summed E-state index contributed by atoms with van der Waals surface area (Å²) < 4.78 is 33.7. The smallest absolute Gasteiger partial charge is 0.336 e. The van der Waals surface area contributed by atoms with E-state index in [4.69, 9.17) is 4.74 Å². The fourth-order valence-corrected chi connectivity index (χ4v) is 5.19. The van der Waals surface area contributed by atoms with E-state index in [2.05, 4.69) is 24.1 Å². The summed E-state index contributed by atoms with van der Waals surface area (Å²) in [6.07, 6.45) is 9.97. The number of carboxylic acids is 2. The van der Waals surface area contributed by atoms with Gasteiger partial charge in [-0.3, -0.25) is 4.79 Å². The van der Waals surface area contributed by atoms with Gasteiger partial charge in [0.25, 0.3) is 0 Å². The van der Waals surface area contributed by atoms with Crippen LogP contribution in [0.2, 0.25) is 0 Å². The summed E-state index contributed by atoms with van der Waals surface area (Å²) >= 11 is 0. The number of aliphatic hydroxyl groups is 1. The maximum atomic E-state index is 14.1. The second kappa shape index (κ2) is 22.1. The Morgan fingerprint density at radius 3 is 2.07 bits per heavy atom. The van der Waals surface area contributed by atoms with Crippen LogP contribution in [-0.2, 0) is 20.8 Å². The molecule has 1 aromatic rings. The molecule has 0 aliphatic carbocycles. The SMILES string of the molecule is CC#CCOc1ccc(C[C@H](NC(=O)[C@@H](C=CCCCCCCC(F)(F)CCCCCCC)[C@@](O)(CCC)C(=O)O)C(=O)O)cc1. The number of aliphatic carboxylic acids is 2. The minimum absolute atomic E-state index is 0.0771. The third-order valence-electron chi connectivity index (χ3n) is 7.90. The summed E-state index contributed by atoms with van der Waals surface area (Å²) in [6.45, 7) is 5.66. The quantitative estimate of drug-likeness (QED) is 0.0495. The standard InChI is InChI=1S/C36H53F2NO7/c1-4-7-9-13-16-24-35(37,38)25-17-14-11-10-12-15-18-30(36(45,23-6-3)34(43)44)32(40)39-31(33(41)42)27-28-19-21-29(22-20-28)46-26-8-5-2/h15,18-22,30-31,45H,4,6-7,9-14,16-17,23-27H2,1-3H3,(H,39,40)(H,41,42)(H,43,44)/t30-,31+,36+/m1/s1. The second-order valence-electron chi connectivity index (χ2n) is 11.8. The molecule has 0 aliphatic heterocycles. The Balaban J connectivity index is 2.79. The molecule has 4 N–H and O–H groups in total. The van der Waals surface area contributed by atoms with Crippen LogP contribution in [0, 0.1) is 17.8 Å². The first kappa shape index (κ1) is 40.6. The number of carbonyl (C=O) groups is 3. The number of benzene rings is 1. The van der Waals surface area contributed by atoms with Crippen molar-refractivity contribution >= 4 is 17.8 Å². The molecule has 8 nitrogen and oxygen atoms in total. The molecular weight excluding hydrogens is 596 g/mol. The highest BCUT2D eigenvalue weighted by Crippen LogP contribution is 2.29. The molecule has 0 fully saturated rings. The van der Waals surface area contributed by atoms with E-state index in [1.807, 2.05) is 0 Å². The fraction of sp³-hybridized carbons (Fsp3) is 0.639. The lowest BCUT2D eigenvalue weighted by Crippen LogP contribution is -2.54. The molecule has 46 heavy (non-hydrogen) atoms. The zero-order chi connectivity index (χ0) is 34.4. The van der Waals surface area contributed by atoms with Gasteiger partial charge in [0.15, 0.2) is 5.60 Å². The lowest BCUT2D eigenvalue weighted by atomic mass is 9.82. The van der Waals surface area contributed by atoms with Crippen LogP contribution in [0.3, 0.4) is 0 Å². The van der Waals surface area contributed by atoms with E-state index in [1.165, 1.54) is 6.08 Å². The molecule has 0 spiro atoms. The van der Waals surface area contributed by atoms with Gasteiger partial charge in [0, 0.05) is 19.3 Å². The van der Waals surface area contributed by atoms with Gasteiger partial charge in [-0.05, 0) is 56.7 Å². The highest BCUT2D eigenvalue weighted by atomic mass is 19.3. The van der Waals surface area contributed by atoms with Gasteiger partial charge < -0.3 is 25.4 Å². The molecule has 1 rings (SSSR count). The van der Waals surface area contributed by atoms with Gasteiger partial charge in [-0.25, -0.2) is 18.4 Å². The van der Waals surface area contributed by atoms with Crippen molar-refractivity contribution in [2.75, 3.05) is 6.61 Å². The van der Waals surface area contributed by atoms with Crippen molar-refractivity contribution in [1.82, 2.24) is 5.32 Å². The summed E-state index contributed by atoms with van der Waals surface area (Å²) in [5, 5.41) is 33.2. The third-order valence-corrected chi connectivity index (χ3v) is 7.90. The number of nitrogens with one attached hydrogen (secondary N) is 1. The molecule has 0 heterocycles. The average Bonchev–Trinajstić information content (AvgIpc) is 3.00. The van der Waals surface area contributed by atoms with Crippen LogP contribution >= 0.6 is 0 Å². The summed E-state index contributed by atoms with van der Waals surface area (Å²) in [7, 11) is 0. The molecule has 3 atom stereocenters. The van der Waals surface area contributed by atoms with Gasteiger partial charge in [0.1, 0.15) is 18.4 Å².